The van der Waals surface area contributed by atoms with Gasteiger partial charge < -0.3 is 16.8 Å². The van der Waals surface area contributed by atoms with E-state index >= 15 is 0 Å². The smallest absolute Gasteiger partial charge is 0.263 e. The first-order valence-corrected chi connectivity index (χ1v) is 10.6. The maximum atomic E-state index is 12.9. The highest BCUT2D eigenvalue weighted by molar-refractivity contribution is 7.21. The van der Waals surface area contributed by atoms with E-state index in [2.05, 4.69) is 16.4 Å². The van der Waals surface area contributed by atoms with Gasteiger partial charge in [-0.15, -0.1) is 11.3 Å². The van der Waals surface area contributed by atoms with E-state index in [0.29, 0.717) is 26.3 Å². The van der Waals surface area contributed by atoms with Crippen molar-refractivity contribution in [3.8, 4) is 17.2 Å². The SMILES string of the molecule is Cc1ccc(-c2c(C#N)c(N)nc3sc(C(=O)NC4CCCCC4)c(N)c23)cc1. The molecule has 4 rings (SSSR count). The molecule has 2 heterocycles. The van der Waals surface area contributed by atoms with Gasteiger partial charge in [-0.25, -0.2) is 4.98 Å². The van der Waals surface area contributed by atoms with Crippen LogP contribution in [-0.2, 0) is 0 Å². The molecule has 0 unspecified atom stereocenters. The van der Waals surface area contributed by atoms with Gasteiger partial charge in [0.2, 0.25) is 0 Å². The van der Waals surface area contributed by atoms with Crippen molar-refractivity contribution in [3.63, 3.8) is 0 Å². The van der Waals surface area contributed by atoms with E-state index in [-0.39, 0.29) is 23.3 Å². The van der Waals surface area contributed by atoms with Crippen LogP contribution in [0.3, 0.4) is 0 Å². The third-order valence-electron chi connectivity index (χ3n) is 5.50. The number of hydrogen-bond acceptors (Lipinski definition) is 6. The van der Waals surface area contributed by atoms with E-state index < -0.39 is 0 Å². The van der Waals surface area contributed by atoms with Crippen LogP contribution in [0.15, 0.2) is 24.3 Å². The number of aromatic nitrogens is 1. The lowest BCUT2D eigenvalue weighted by atomic mass is 9.95. The maximum absolute atomic E-state index is 12.9. The summed E-state index contributed by atoms with van der Waals surface area (Å²) in [4.78, 5) is 18.3. The average molecular weight is 406 g/mol. The van der Waals surface area contributed by atoms with Crippen molar-refractivity contribution >= 4 is 39.0 Å². The number of nitrogens with one attached hydrogen (secondary N) is 1. The van der Waals surface area contributed by atoms with Crippen molar-refractivity contribution in [1.82, 2.24) is 10.3 Å². The lowest BCUT2D eigenvalue weighted by Gasteiger charge is -2.22. The number of pyridine rings is 1. The minimum Gasteiger partial charge on any atom is -0.397 e. The predicted molar refractivity (Wildman–Crippen MR) is 118 cm³/mol. The molecule has 0 spiro atoms. The van der Waals surface area contributed by atoms with E-state index in [0.717, 1.165) is 36.8 Å². The summed E-state index contributed by atoms with van der Waals surface area (Å²) >= 11 is 1.23. The normalized spacial score (nSPS) is 14.6. The van der Waals surface area contributed by atoms with Gasteiger partial charge in [-0.3, -0.25) is 4.79 Å². The van der Waals surface area contributed by atoms with Crippen LogP contribution in [0, 0.1) is 18.3 Å². The summed E-state index contributed by atoms with van der Waals surface area (Å²) < 4.78 is 0. The molecule has 148 valence electrons. The Hall–Kier alpha value is -3.11. The summed E-state index contributed by atoms with van der Waals surface area (Å²) in [6, 6.07) is 10.2. The summed E-state index contributed by atoms with van der Waals surface area (Å²) in [5, 5.41) is 13.4. The van der Waals surface area contributed by atoms with E-state index in [1.807, 2.05) is 31.2 Å². The van der Waals surface area contributed by atoms with Gasteiger partial charge in [-0.1, -0.05) is 49.1 Å². The second-order valence-corrected chi connectivity index (χ2v) is 8.56. The van der Waals surface area contributed by atoms with E-state index in [4.69, 9.17) is 11.5 Å². The number of thiophene rings is 1. The molecule has 3 aromatic rings. The highest BCUT2D eigenvalue weighted by Gasteiger charge is 2.25. The van der Waals surface area contributed by atoms with Gasteiger partial charge in [-0.05, 0) is 25.3 Å². The Morgan fingerprint density at radius 1 is 1.21 bits per heavy atom. The average Bonchev–Trinajstić information content (AvgIpc) is 3.04. The summed E-state index contributed by atoms with van der Waals surface area (Å²) in [7, 11) is 0. The topological polar surface area (TPSA) is 118 Å². The van der Waals surface area contributed by atoms with Crippen LogP contribution in [0.2, 0.25) is 0 Å². The summed E-state index contributed by atoms with van der Waals surface area (Å²) in [5.41, 5.74) is 15.7. The van der Waals surface area contributed by atoms with Crippen molar-refractivity contribution < 1.29 is 4.79 Å². The number of benzene rings is 1. The molecule has 0 radical (unpaired) electrons. The molecule has 1 aliphatic carbocycles. The largest absolute Gasteiger partial charge is 0.397 e. The third kappa shape index (κ3) is 3.52. The standard InChI is InChI=1S/C22H23N5OS/c1-12-7-9-13(10-8-12)16-15(11-23)20(25)27-22-17(16)18(24)19(29-22)21(28)26-14-5-3-2-4-6-14/h7-10,14H,2-6,24H2,1H3,(H2,25,27)(H,26,28). The number of nitriles is 1. The highest BCUT2D eigenvalue weighted by atomic mass is 32.1. The molecule has 1 fully saturated rings. The van der Waals surface area contributed by atoms with Crippen molar-refractivity contribution in [2.45, 2.75) is 45.1 Å². The molecule has 1 saturated carbocycles. The zero-order valence-electron chi connectivity index (χ0n) is 16.3. The zero-order valence-corrected chi connectivity index (χ0v) is 17.1. The van der Waals surface area contributed by atoms with Crippen LogP contribution < -0.4 is 16.8 Å². The zero-order chi connectivity index (χ0) is 20.5. The fraction of sp³-hybridized carbons (Fsp3) is 0.318. The molecule has 29 heavy (non-hydrogen) atoms. The maximum Gasteiger partial charge on any atom is 0.263 e. The van der Waals surface area contributed by atoms with Gasteiger partial charge in [0.25, 0.3) is 5.91 Å². The fourth-order valence-electron chi connectivity index (χ4n) is 3.96. The first-order chi connectivity index (χ1) is 14.0. The van der Waals surface area contributed by atoms with Crippen molar-refractivity contribution in [3.05, 3.63) is 40.3 Å². The summed E-state index contributed by atoms with van der Waals surface area (Å²) in [5.74, 6) is -0.0274. The molecular formula is C22H23N5OS. The van der Waals surface area contributed by atoms with Gasteiger partial charge in [0.15, 0.2) is 0 Å². The molecule has 1 aromatic carbocycles. The first-order valence-electron chi connectivity index (χ1n) is 9.79. The number of carbonyl (C=O) groups is 1. The molecule has 6 nitrogen and oxygen atoms in total. The Balaban J connectivity index is 1.85. The molecule has 0 bridgehead atoms. The number of nitrogens with two attached hydrogens (primary N) is 2. The second kappa shape index (κ2) is 7.72. The minimum atomic E-state index is -0.177. The molecular weight excluding hydrogens is 382 g/mol. The number of hydrogen-bond donors (Lipinski definition) is 3. The van der Waals surface area contributed by atoms with Crippen LogP contribution in [0.1, 0.15) is 52.9 Å². The summed E-state index contributed by atoms with van der Waals surface area (Å²) in [6.45, 7) is 2.00. The van der Waals surface area contributed by atoms with Gasteiger partial charge in [0.1, 0.15) is 27.2 Å². The number of fused-ring (bicyclic) bond motifs is 1. The highest BCUT2D eigenvalue weighted by Crippen LogP contribution is 2.42. The molecule has 0 aliphatic heterocycles. The van der Waals surface area contributed by atoms with Gasteiger partial charge in [0.05, 0.1) is 5.69 Å². The number of nitrogen functional groups attached to an aromatic ring is 2. The Kier molecular flexibility index (Phi) is 5.12. The number of amides is 1. The second-order valence-electron chi connectivity index (χ2n) is 7.56. The number of aryl methyl sites for hydroxylation is 1. The van der Waals surface area contributed by atoms with Crippen LogP contribution in [0.25, 0.3) is 21.3 Å². The number of nitrogens with zero attached hydrogens (tertiary/aromatic N) is 2. The summed E-state index contributed by atoms with van der Waals surface area (Å²) in [6.07, 6.45) is 5.48. The Morgan fingerprint density at radius 2 is 1.90 bits per heavy atom. The van der Waals surface area contributed by atoms with Crippen LogP contribution in [0.4, 0.5) is 11.5 Å². The van der Waals surface area contributed by atoms with Crippen molar-refractivity contribution in [2.75, 3.05) is 11.5 Å². The molecule has 1 amide bonds. The van der Waals surface area contributed by atoms with E-state index in [9.17, 15) is 10.1 Å². The minimum absolute atomic E-state index is 0.149. The van der Waals surface area contributed by atoms with Crippen LogP contribution >= 0.6 is 11.3 Å². The predicted octanol–water partition coefficient (Wildman–Crippen LogP) is 4.37. The third-order valence-corrected chi connectivity index (χ3v) is 6.60. The van der Waals surface area contributed by atoms with Gasteiger partial charge in [-0.2, -0.15) is 5.26 Å². The lowest BCUT2D eigenvalue weighted by Crippen LogP contribution is -2.36. The molecule has 0 saturated heterocycles. The van der Waals surface area contributed by atoms with Crippen molar-refractivity contribution in [1.29, 1.82) is 5.26 Å². The van der Waals surface area contributed by atoms with Crippen LogP contribution in [-0.4, -0.2) is 16.9 Å². The molecule has 1 aliphatic rings. The van der Waals surface area contributed by atoms with Crippen LogP contribution in [0.5, 0.6) is 0 Å². The van der Waals surface area contributed by atoms with E-state index in [1.165, 1.54) is 17.8 Å². The molecule has 0 atom stereocenters. The number of anilines is 2. The molecule has 2 aromatic heterocycles. The Labute approximate surface area is 173 Å². The molecule has 5 N–H and O–H groups in total. The quantitative estimate of drug-likeness (QED) is 0.598. The number of carbonyl (C=O) groups excluding carboxylic acids is 1. The lowest BCUT2D eigenvalue weighted by molar-refractivity contribution is 0.0932. The monoisotopic (exact) mass is 405 g/mol. The number of rotatable bonds is 3. The van der Waals surface area contributed by atoms with Crippen molar-refractivity contribution in [2.24, 2.45) is 0 Å². The molecule has 7 heteroatoms. The van der Waals surface area contributed by atoms with Gasteiger partial charge >= 0.3 is 0 Å². The van der Waals surface area contributed by atoms with Gasteiger partial charge in [0, 0.05) is 17.0 Å². The fourth-order valence-corrected chi connectivity index (χ4v) is 4.97. The Bertz CT molecular complexity index is 1120. The van der Waals surface area contributed by atoms with E-state index in [1.54, 1.807) is 0 Å². The Morgan fingerprint density at radius 3 is 2.55 bits per heavy atom. The first kappa shape index (κ1) is 19.2.